The van der Waals surface area contributed by atoms with Gasteiger partial charge in [-0.3, -0.25) is 10.1 Å². The van der Waals surface area contributed by atoms with Gasteiger partial charge in [0, 0.05) is 7.11 Å². The number of amides is 1. The van der Waals surface area contributed by atoms with Crippen molar-refractivity contribution in [3.05, 3.63) is 34.8 Å². The topological polar surface area (TPSA) is 73.3 Å². The Morgan fingerprint density at radius 2 is 2.15 bits per heavy atom. The van der Waals surface area contributed by atoms with E-state index in [4.69, 9.17) is 9.47 Å². The average Bonchev–Trinajstić information content (AvgIpc) is 2.85. The number of nitrogens with zero attached hydrogens (tertiary/aromatic N) is 2. The number of hydrogen-bond acceptors (Lipinski definition) is 6. The lowest BCUT2D eigenvalue weighted by Crippen LogP contribution is -2.20. The first kappa shape index (κ1) is 14.4. The van der Waals surface area contributed by atoms with Crippen LogP contribution >= 0.6 is 11.3 Å². The van der Waals surface area contributed by atoms with Crippen molar-refractivity contribution in [3.8, 4) is 5.75 Å². The fourth-order valence-electron chi connectivity index (χ4n) is 1.50. The van der Waals surface area contributed by atoms with Gasteiger partial charge in [-0.2, -0.15) is 0 Å². The summed E-state index contributed by atoms with van der Waals surface area (Å²) in [5.74, 6) is 0.424. The zero-order valence-corrected chi connectivity index (χ0v) is 12.1. The monoisotopic (exact) mass is 293 g/mol. The molecule has 1 aromatic heterocycles. The molecule has 1 N–H and O–H groups in total. The lowest BCUT2D eigenvalue weighted by Gasteiger charge is -2.07. The van der Waals surface area contributed by atoms with E-state index in [1.54, 1.807) is 7.11 Å². The Morgan fingerprint density at radius 3 is 2.90 bits per heavy atom. The molecule has 0 saturated heterocycles. The van der Waals surface area contributed by atoms with Gasteiger partial charge in [0.2, 0.25) is 5.13 Å². The highest BCUT2D eigenvalue weighted by molar-refractivity contribution is 7.15. The highest BCUT2D eigenvalue weighted by Gasteiger charge is 2.09. The number of nitrogens with one attached hydrogen (secondary N) is 1. The fraction of sp³-hybridized carbons (Fsp3) is 0.308. The number of benzene rings is 1. The molecule has 1 heterocycles. The second kappa shape index (κ2) is 6.97. The Hall–Kier alpha value is -1.99. The maximum Gasteiger partial charge on any atom is 0.264 e. The van der Waals surface area contributed by atoms with E-state index in [2.05, 4.69) is 15.5 Å². The maximum atomic E-state index is 11.7. The Kier molecular flexibility index (Phi) is 5.03. The number of carbonyl (C=O) groups excluding carboxylic acids is 1. The highest BCUT2D eigenvalue weighted by atomic mass is 32.1. The Morgan fingerprint density at radius 1 is 1.35 bits per heavy atom. The number of anilines is 1. The largest absolute Gasteiger partial charge is 0.483 e. The van der Waals surface area contributed by atoms with E-state index >= 15 is 0 Å². The van der Waals surface area contributed by atoms with Crippen LogP contribution in [0.2, 0.25) is 0 Å². The summed E-state index contributed by atoms with van der Waals surface area (Å²) in [7, 11) is 1.58. The molecule has 0 aliphatic rings. The predicted octanol–water partition coefficient (Wildman–Crippen LogP) is 2.01. The van der Waals surface area contributed by atoms with Gasteiger partial charge in [-0.25, -0.2) is 0 Å². The van der Waals surface area contributed by atoms with Crippen LogP contribution in [0, 0.1) is 6.92 Å². The third kappa shape index (κ3) is 4.01. The first-order valence-corrected chi connectivity index (χ1v) is 6.80. The van der Waals surface area contributed by atoms with Crippen LogP contribution in [0.1, 0.15) is 10.6 Å². The van der Waals surface area contributed by atoms with Crippen molar-refractivity contribution in [2.75, 3.05) is 19.0 Å². The van der Waals surface area contributed by atoms with Crippen molar-refractivity contribution in [2.45, 2.75) is 13.5 Å². The van der Waals surface area contributed by atoms with Gasteiger partial charge < -0.3 is 9.47 Å². The first-order valence-electron chi connectivity index (χ1n) is 5.98. The molecule has 2 aromatic rings. The molecule has 0 radical (unpaired) electrons. The van der Waals surface area contributed by atoms with E-state index < -0.39 is 0 Å². The Balaban J connectivity index is 1.84. The van der Waals surface area contributed by atoms with E-state index in [1.165, 1.54) is 11.3 Å². The van der Waals surface area contributed by atoms with Crippen LogP contribution in [0.25, 0.3) is 0 Å². The normalized spacial score (nSPS) is 10.3. The molecule has 20 heavy (non-hydrogen) atoms. The molecule has 6 nitrogen and oxygen atoms in total. The van der Waals surface area contributed by atoms with Crippen molar-refractivity contribution in [1.29, 1.82) is 0 Å². The Labute approximate surface area is 120 Å². The third-order valence-corrected chi connectivity index (χ3v) is 3.25. The van der Waals surface area contributed by atoms with E-state index in [0.29, 0.717) is 22.5 Å². The summed E-state index contributed by atoms with van der Waals surface area (Å²) in [5, 5.41) is 11.5. The van der Waals surface area contributed by atoms with Crippen molar-refractivity contribution < 1.29 is 14.3 Å². The highest BCUT2D eigenvalue weighted by Crippen LogP contribution is 2.17. The minimum atomic E-state index is -0.270. The van der Waals surface area contributed by atoms with E-state index in [0.717, 1.165) is 5.56 Å². The van der Waals surface area contributed by atoms with Crippen LogP contribution in [0.4, 0.5) is 5.13 Å². The lowest BCUT2D eigenvalue weighted by molar-refractivity contribution is -0.118. The smallest absolute Gasteiger partial charge is 0.264 e. The molecule has 1 aromatic carbocycles. The van der Waals surface area contributed by atoms with Gasteiger partial charge in [0.15, 0.2) is 6.61 Å². The number of aryl methyl sites for hydroxylation is 1. The predicted molar refractivity (Wildman–Crippen MR) is 75.9 cm³/mol. The van der Waals surface area contributed by atoms with Crippen LogP contribution in [-0.4, -0.2) is 29.8 Å². The van der Waals surface area contributed by atoms with Gasteiger partial charge >= 0.3 is 0 Å². The van der Waals surface area contributed by atoms with Crippen LogP contribution < -0.4 is 10.1 Å². The molecule has 0 bridgehead atoms. The number of rotatable bonds is 6. The Bertz CT molecular complexity index is 586. The van der Waals surface area contributed by atoms with Crippen molar-refractivity contribution >= 4 is 22.4 Å². The lowest BCUT2D eigenvalue weighted by atomic mass is 10.2. The molecule has 1 amide bonds. The summed E-state index contributed by atoms with van der Waals surface area (Å²) < 4.78 is 10.4. The molecule has 0 atom stereocenters. The molecule has 2 rings (SSSR count). The number of para-hydroxylation sites is 1. The second-order valence-corrected chi connectivity index (χ2v) is 5.10. The van der Waals surface area contributed by atoms with Gasteiger partial charge in [0.1, 0.15) is 17.4 Å². The maximum absolute atomic E-state index is 11.7. The average molecular weight is 293 g/mol. The molecule has 0 aliphatic heterocycles. The van der Waals surface area contributed by atoms with Gasteiger partial charge in [0.25, 0.3) is 5.91 Å². The SMILES string of the molecule is COCc1nnc(NC(=O)COc2ccccc2C)s1. The molecule has 0 aliphatic carbocycles. The molecule has 0 fully saturated rings. The van der Waals surface area contributed by atoms with E-state index in [1.807, 2.05) is 31.2 Å². The van der Waals surface area contributed by atoms with Crippen LogP contribution in [0.5, 0.6) is 5.75 Å². The quantitative estimate of drug-likeness (QED) is 0.882. The molecule has 7 heteroatoms. The summed E-state index contributed by atoms with van der Waals surface area (Å²) in [4.78, 5) is 11.7. The van der Waals surface area contributed by atoms with Crippen molar-refractivity contribution in [3.63, 3.8) is 0 Å². The second-order valence-electron chi connectivity index (χ2n) is 4.04. The summed E-state index contributed by atoms with van der Waals surface area (Å²) >= 11 is 1.28. The number of ether oxygens (including phenoxy) is 2. The van der Waals surface area contributed by atoms with Crippen molar-refractivity contribution in [2.24, 2.45) is 0 Å². The molecular formula is C13H15N3O3S. The molecular weight excluding hydrogens is 278 g/mol. The fourth-order valence-corrected chi connectivity index (χ4v) is 2.23. The minimum Gasteiger partial charge on any atom is -0.483 e. The van der Waals surface area contributed by atoms with Gasteiger partial charge in [-0.05, 0) is 18.6 Å². The summed E-state index contributed by atoms with van der Waals surface area (Å²) in [6, 6.07) is 7.53. The zero-order chi connectivity index (χ0) is 14.4. The van der Waals surface area contributed by atoms with E-state index in [-0.39, 0.29) is 12.5 Å². The van der Waals surface area contributed by atoms with Gasteiger partial charge in [0.05, 0.1) is 0 Å². The van der Waals surface area contributed by atoms with Crippen molar-refractivity contribution in [1.82, 2.24) is 10.2 Å². The number of carbonyl (C=O) groups is 1. The number of methoxy groups -OCH3 is 1. The zero-order valence-electron chi connectivity index (χ0n) is 11.3. The molecule has 106 valence electrons. The van der Waals surface area contributed by atoms with Crippen LogP contribution in [0.3, 0.4) is 0 Å². The number of hydrogen-bond donors (Lipinski definition) is 1. The summed E-state index contributed by atoms with van der Waals surface area (Å²) in [6.45, 7) is 2.24. The van der Waals surface area contributed by atoms with Gasteiger partial charge in [-0.1, -0.05) is 29.5 Å². The van der Waals surface area contributed by atoms with Crippen LogP contribution in [-0.2, 0) is 16.1 Å². The minimum absolute atomic E-state index is 0.0654. The van der Waals surface area contributed by atoms with E-state index in [9.17, 15) is 4.79 Å². The molecule has 0 saturated carbocycles. The van der Waals surface area contributed by atoms with Gasteiger partial charge in [-0.15, -0.1) is 10.2 Å². The van der Waals surface area contributed by atoms with Crippen LogP contribution in [0.15, 0.2) is 24.3 Å². The molecule has 0 spiro atoms. The molecule has 0 unspecified atom stereocenters. The number of aromatic nitrogens is 2. The summed E-state index contributed by atoms with van der Waals surface area (Å²) in [5.41, 5.74) is 0.985. The standard InChI is InChI=1S/C13H15N3O3S/c1-9-5-3-4-6-10(9)19-7-11(17)14-13-16-15-12(20-13)8-18-2/h3-6H,7-8H2,1-2H3,(H,14,16,17). The summed E-state index contributed by atoms with van der Waals surface area (Å²) in [6.07, 6.45) is 0. The first-order chi connectivity index (χ1) is 9.69. The third-order valence-electron chi connectivity index (χ3n) is 2.43.